The largest absolute Gasteiger partial charge is 0.493 e. The summed E-state index contributed by atoms with van der Waals surface area (Å²) in [4.78, 5) is 11.9. The van der Waals surface area contributed by atoms with Gasteiger partial charge in [0.15, 0.2) is 0 Å². The van der Waals surface area contributed by atoms with E-state index in [1.807, 2.05) is 32.0 Å². The quantitative estimate of drug-likeness (QED) is 0.876. The number of aryl methyl sites for hydroxylation is 2. The Kier molecular flexibility index (Phi) is 5.62. The maximum absolute atomic E-state index is 11.9. The molecule has 1 aromatic rings. The van der Waals surface area contributed by atoms with Gasteiger partial charge in [-0.3, -0.25) is 4.79 Å². The fourth-order valence-electron chi connectivity index (χ4n) is 2.83. The Morgan fingerprint density at radius 1 is 1.29 bits per heavy atom. The van der Waals surface area contributed by atoms with Crippen molar-refractivity contribution >= 4 is 5.91 Å². The average Bonchev–Trinajstić information content (AvgIpc) is 2.45. The van der Waals surface area contributed by atoms with Crippen molar-refractivity contribution in [1.82, 2.24) is 5.32 Å². The second-order valence-corrected chi connectivity index (χ2v) is 5.85. The summed E-state index contributed by atoms with van der Waals surface area (Å²) < 4.78 is 5.73. The fourth-order valence-corrected chi connectivity index (χ4v) is 2.83. The molecule has 116 valence electrons. The molecule has 21 heavy (non-hydrogen) atoms. The first kappa shape index (κ1) is 15.8. The van der Waals surface area contributed by atoms with Crippen LogP contribution in [0.5, 0.6) is 5.75 Å². The second kappa shape index (κ2) is 7.46. The number of hydrogen-bond acceptors (Lipinski definition) is 3. The zero-order chi connectivity index (χ0) is 15.2. The second-order valence-electron chi connectivity index (χ2n) is 5.85. The summed E-state index contributed by atoms with van der Waals surface area (Å²) >= 11 is 0. The normalized spacial score (nSPS) is 21.9. The Morgan fingerprint density at radius 2 is 1.95 bits per heavy atom. The highest BCUT2D eigenvalue weighted by atomic mass is 16.5. The van der Waals surface area contributed by atoms with Gasteiger partial charge in [-0.1, -0.05) is 31.0 Å². The van der Waals surface area contributed by atoms with Crippen LogP contribution >= 0.6 is 0 Å². The summed E-state index contributed by atoms with van der Waals surface area (Å²) in [6.45, 7) is 4.36. The molecule has 1 fully saturated rings. The smallest absolute Gasteiger partial charge is 0.223 e. The van der Waals surface area contributed by atoms with E-state index < -0.39 is 6.10 Å². The molecule has 0 bridgehead atoms. The third kappa shape index (κ3) is 4.46. The van der Waals surface area contributed by atoms with Gasteiger partial charge in [0.2, 0.25) is 5.91 Å². The van der Waals surface area contributed by atoms with E-state index in [-0.39, 0.29) is 11.9 Å². The Bertz CT molecular complexity index is 467. The summed E-state index contributed by atoms with van der Waals surface area (Å²) in [6.07, 6.45) is 3.68. The van der Waals surface area contributed by atoms with Crippen molar-refractivity contribution < 1.29 is 14.6 Å². The molecule has 1 aliphatic rings. The molecular formula is C17H25NO3. The molecule has 2 atom stereocenters. The van der Waals surface area contributed by atoms with Crippen LogP contribution in [0.3, 0.4) is 0 Å². The molecule has 0 saturated heterocycles. The number of aliphatic hydroxyl groups excluding tert-OH is 1. The number of rotatable bonds is 5. The third-order valence-electron chi connectivity index (χ3n) is 4.06. The van der Waals surface area contributed by atoms with Crippen molar-refractivity contribution in [1.29, 1.82) is 0 Å². The van der Waals surface area contributed by atoms with Gasteiger partial charge in [0.1, 0.15) is 5.75 Å². The van der Waals surface area contributed by atoms with Crippen molar-refractivity contribution in [2.75, 3.05) is 6.61 Å². The van der Waals surface area contributed by atoms with E-state index >= 15 is 0 Å². The molecule has 0 unspecified atom stereocenters. The number of hydrogen-bond donors (Lipinski definition) is 2. The van der Waals surface area contributed by atoms with Crippen LogP contribution in [0.2, 0.25) is 0 Å². The first-order valence-electron chi connectivity index (χ1n) is 7.74. The van der Waals surface area contributed by atoms with Crippen molar-refractivity contribution in [3.63, 3.8) is 0 Å². The van der Waals surface area contributed by atoms with Crippen molar-refractivity contribution in [3.8, 4) is 5.75 Å². The minimum Gasteiger partial charge on any atom is -0.493 e. The van der Waals surface area contributed by atoms with Gasteiger partial charge in [0.25, 0.3) is 0 Å². The highest BCUT2D eigenvalue weighted by molar-refractivity contribution is 5.76. The number of benzene rings is 1. The lowest BCUT2D eigenvalue weighted by Crippen LogP contribution is -2.45. The molecule has 0 spiro atoms. The number of nitrogens with one attached hydrogen (secondary N) is 1. The number of aliphatic hydroxyl groups is 1. The lowest BCUT2D eigenvalue weighted by atomic mass is 9.92. The monoisotopic (exact) mass is 291 g/mol. The van der Waals surface area contributed by atoms with Gasteiger partial charge in [0, 0.05) is 0 Å². The molecule has 2 N–H and O–H groups in total. The molecule has 0 heterocycles. The maximum atomic E-state index is 11.9. The minimum atomic E-state index is -0.401. The molecule has 1 aliphatic carbocycles. The number of amides is 1. The van der Waals surface area contributed by atoms with Crippen LogP contribution in [0, 0.1) is 13.8 Å². The summed E-state index contributed by atoms with van der Waals surface area (Å²) in [7, 11) is 0. The van der Waals surface area contributed by atoms with Crippen LogP contribution in [0.1, 0.15) is 43.2 Å². The van der Waals surface area contributed by atoms with E-state index in [9.17, 15) is 9.90 Å². The predicted octanol–water partition coefficient (Wildman–Crippen LogP) is 2.49. The Labute approximate surface area is 126 Å². The number of para-hydroxylation sites is 1. The standard InChI is InChI=1S/C17H25NO3/c1-12-6-5-7-13(2)17(12)21-11-10-16(20)18-14-8-3-4-9-15(14)19/h5-7,14-15,19H,3-4,8-11H2,1-2H3,(H,18,20)/t14-,15-/m1/s1. The van der Waals surface area contributed by atoms with E-state index in [0.717, 1.165) is 42.6 Å². The zero-order valence-corrected chi connectivity index (χ0v) is 12.9. The molecule has 0 aromatic heterocycles. The predicted molar refractivity (Wildman–Crippen MR) is 82.4 cm³/mol. The zero-order valence-electron chi connectivity index (χ0n) is 12.9. The van der Waals surface area contributed by atoms with Gasteiger partial charge in [-0.2, -0.15) is 0 Å². The van der Waals surface area contributed by atoms with Crippen LogP contribution in [-0.4, -0.2) is 29.8 Å². The minimum absolute atomic E-state index is 0.0489. The average molecular weight is 291 g/mol. The van der Waals surface area contributed by atoms with Crippen molar-refractivity contribution in [2.45, 2.75) is 58.1 Å². The molecule has 1 aromatic carbocycles. The van der Waals surface area contributed by atoms with Gasteiger partial charge in [0.05, 0.1) is 25.2 Å². The lowest BCUT2D eigenvalue weighted by Gasteiger charge is -2.28. The Hall–Kier alpha value is -1.55. The molecule has 1 saturated carbocycles. The van der Waals surface area contributed by atoms with E-state index in [0.29, 0.717) is 13.0 Å². The van der Waals surface area contributed by atoms with Crippen molar-refractivity contribution in [3.05, 3.63) is 29.3 Å². The van der Waals surface area contributed by atoms with E-state index in [2.05, 4.69) is 5.32 Å². The van der Waals surface area contributed by atoms with Gasteiger partial charge >= 0.3 is 0 Å². The summed E-state index contributed by atoms with van der Waals surface area (Å²) in [5.74, 6) is 0.815. The summed E-state index contributed by atoms with van der Waals surface area (Å²) in [5.41, 5.74) is 2.16. The van der Waals surface area contributed by atoms with E-state index in [1.165, 1.54) is 0 Å². The molecule has 0 aliphatic heterocycles. The first-order valence-corrected chi connectivity index (χ1v) is 7.74. The van der Waals surface area contributed by atoms with Crippen LogP contribution in [0.4, 0.5) is 0 Å². The SMILES string of the molecule is Cc1cccc(C)c1OCCC(=O)N[C@@H]1CCCC[C@H]1O. The van der Waals surface area contributed by atoms with E-state index in [1.54, 1.807) is 0 Å². The fraction of sp³-hybridized carbons (Fsp3) is 0.588. The van der Waals surface area contributed by atoms with Crippen LogP contribution in [0.25, 0.3) is 0 Å². The van der Waals surface area contributed by atoms with Gasteiger partial charge < -0.3 is 15.2 Å². The number of carbonyl (C=O) groups excluding carboxylic acids is 1. The maximum Gasteiger partial charge on any atom is 0.223 e. The van der Waals surface area contributed by atoms with Gasteiger partial charge in [-0.15, -0.1) is 0 Å². The topological polar surface area (TPSA) is 58.6 Å². The Morgan fingerprint density at radius 3 is 2.62 bits per heavy atom. The first-order chi connectivity index (χ1) is 10.1. The molecule has 0 radical (unpaired) electrons. The molecular weight excluding hydrogens is 266 g/mol. The molecule has 2 rings (SSSR count). The molecule has 1 amide bonds. The van der Waals surface area contributed by atoms with Crippen LogP contribution in [-0.2, 0) is 4.79 Å². The highest BCUT2D eigenvalue weighted by Crippen LogP contribution is 2.22. The van der Waals surface area contributed by atoms with Gasteiger partial charge in [-0.05, 0) is 37.8 Å². The Balaban J connectivity index is 1.76. The molecule has 4 heteroatoms. The third-order valence-corrected chi connectivity index (χ3v) is 4.06. The van der Waals surface area contributed by atoms with Crippen LogP contribution < -0.4 is 10.1 Å². The lowest BCUT2D eigenvalue weighted by molar-refractivity contribution is -0.123. The summed E-state index contributed by atoms with van der Waals surface area (Å²) in [6, 6.07) is 5.91. The number of ether oxygens (including phenoxy) is 1. The summed E-state index contributed by atoms with van der Waals surface area (Å²) in [5, 5.41) is 12.8. The highest BCUT2D eigenvalue weighted by Gasteiger charge is 2.24. The van der Waals surface area contributed by atoms with Crippen LogP contribution in [0.15, 0.2) is 18.2 Å². The van der Waals surface area contributed by atoms with Gasteiger partial charge in [-0.25, -0.2) is 0 Å². The molecule has 4 nitrogen and oxygen atoms in total. The number of carbonyl (C=O) groups is 1. The van der Waals surface area contributed by atoms with E-state index in [4.69, 9.17) is 4.74 Å². The van der Waals surface area contributed by atoms with Crippen molar-refractivity contribution in [2.24, 2.45) is 0 Å².